The second kappa shape index (κ2) is 6.42. The highest BCUT2D eigenvalue weighted by atomic mass is 16.3. The maximum absolute atomic E-state index is 5.62. The van der Waals surface area contributed by atoms with Gasteiger partial charge >= 0.3 is 0 Å². The molecule has 3 aromatic rings. The van der Waals surface area contributed by atoms with Crippen LogP contribution in [0.15, 0.2) is 65.5 Å². The molecule has 0 spiro atoms. The molecule has 1 saturated heterocycles. The van der Waals surface area contributed by atoms with E-state index in [0.717, 1.165) is 37.6 Å². The van der Waals surface area contributed by atoms with Crippen LogP contribution >= 0.6 is 0 Å². The van der Waals surface area contributed by atoms with E-state index in [1.165, 1.54) is 12.0 Å². The number of imidazole rings is 1. The van der Waals surface area contributed by atoms with Crippen LogP contribution < -0.4 is 0 Å². The van der Waals surface area contributed by atoms with Gasteiger partial charge in [0.25, 0.3) is 0 Å². The van der Waals surface area contributed by atoms with Gasteiger partial charge in [0.1, 0.15) is 11.6 Å². The Kier molecular flexibility index (Phi) is 3.99. The van der Waals surface area contributed by atoms with E-state index in [1.54, 1.807) is 6.26 Å². The van der Waals surface area contributed by atoms with Gasteiger partial charge in [0.2, 0.25) is 0 Å². The van der Waals surface area contributed by atoms with Crippen molar-refractivity contribution in [2.45, 2.75) is 32.0 Å². The SMILES string of the molecule is c1ccc(Cn2ccnc2CN2CCC[C@H]2c2ccco2)cc1. The lowest BCUT2D eigenvalue weighted by Crippen LogP contribution is -2.24. The topological polar surface area (TPSA) is 34.2 Å². The van der Waals surface area contributed by atoms with Crippen molar-refractivity contribution in [2.75, 3.05) is 6.54 Å². The molecule has 23 heavy (non-hydrogen) atoms. The van der Waals surface area contributed by atoms with Crippen molar-refractivity contribution in [3.05, 3.63) is 78.3 Å². The Labute approximate surface area is 136 Å². The van der Waals surface area contributed by atoms with Crippen LogP contribution in [0, 0.1) is 0 Å². The predicted molar refractivity (Wildman–Crippen MR) is 88.9 cm³/mol. The van der Waals surface area contributed by atoms with E-state index in [-0.39, 0.29) is 0 Å². The summed E-state index contributed by atoms with van der Waals surface area (Å²) in [5, 5.41) is 0. The monoisotopic (exact) mass is 307 g/mol. The minimum Gasteiger partial charge on any atom is -0.468 e. The Balaban J connectivity index is 1.50. The van der Waals surface area contributed by atoms with Gasteiger partial charge in [-0.3, -0.25) is 4.90 Å². The summed E-state index contributed by atoms with van der Waals surface area (Å²) in [6.45, 7) is 2.84. The van der Waals surface area contributed by atoms with E-state index >= 15 is 0 Å². The summed E-state index contributed by atoms with van der Waals surface area (Å²) in [7, 11) is 0. The van der Waals surface area contributed by atoms with Crippen LogP contribution in [0.2, 0.25) is 0 Å². The van der Waals surface area contributed by atoms with E-state index < -0.39 is 0 Å². The molecule has 0 bridgehead atoms. The van der Waals surface area contributed by atoms with Gasteiger partial charge in [-0.1, -0.05) is 30.3 Å². The van der Waals surface area contributed by atoms with Crippen molar-refractivity contribution in [1.82, 2.24) is 14.5 Å². The molecule has 0 radical (unpaired) electrons. The molecule has 0 amide bonds. The van der Waals surface area contributed by atoms with Gasteiger partial charge in [-0.2, -0.15) is 0 Å². The molecule has 4 heteroatoms. The number of rotatable bonds is 5. The first-order valence-corrected chi connectivity index (χ1v) is 8.21. The van der Waals surface area contributed by atoms with Gasteiger partial charge in [-0.05, 0) is 37.1 Å². The maximum Gasteiger partial charge on any atom is 0.123 e. The Bertz CT molecular complexity index is 733. The summed E-state index contributed by atoms with van der Waals surface area (Å²) in [6.07, 6.45) is 8.11. The molecule has 1 aliphatic heterocycles. The summed E-state index contributed by atoms with van der Waals surface area (Å²) in [4.78, 5) is 7.06. The molecule has 4 nitrogen and oxygen atoms in total. The van der Waals surface area contributed by atoms with Crippen molar-refractivity contribution in [1.29, 1.82) is 0 Å². The first-order valence-electron chi connectivity index (χ1n) is 8.21. The second-order valence-corrected chi connectivity index (χ2v) is 6.10. The van der Waals surface area contributed by atoms with Crippen LogP contribution in [0.5, 0.6) is 0 Å². The lowest BCUT2D eigenvalue weighted by Gasteiger charge is -2.22. The highest BCUT2D eigenvalue weighted by molar-refractivity contribution is 5.16. The lowest BCUT2D eigenvalue weighted by molar-refractivity contribution is 0.213. The van der Waals surface area contributed by atoms with Crippen LogP contribution in [0.4, 0.5) is 0 Å². The van der Waals surface area contributed by atoms with Gasteiger partial charge in [0.15, 0.2) is 0 Å². The van der Waals surface area contributed by atoms with Crippen molar-refractivity contribution < 1.29 is 4.42 Å². The number of likely N-dealkylation sites (tertiary alicyclic amines) is 1. The van der Waals surface area contributed by atoms with E-state index in [4.69, 9.17) is 4.42 Å². The smallest absolute Gasteiger partial charge is 0.123 e. The number of hydrogen-bond donors (Lipinski definition) is 0. The van der Waals surface area contributed by atoms with E-state index in [2.05, 4.69) is 57.0 Å². The number of benzene rings is 1. The fraction of sp³-hybridized carbons (Fsp3) is 0.316. The molecule has 1 aliphatic rings. The second-order valence-electron chi connectivity index (χ2n) is 6.10. The summed E-state index contributed by atoms with van der Waals surface area (Å²) < 4.78 is 7.87. The average Bonchev–Trinajstić information content (AvgIpc) is 3.31. The zero-order valence-corrected chi connectivity index (χ0v) is 13.1. The summed E-state index contributed by atoms with van der Waals surface area (Å²) in [6, 6.07) is 15.0. The average molecular weight is 307 g/mol. The minimum atomic E-state index is 0.381. The molecule has 0 saturated carbocycles. The summed E-state index contributed by atoms with van der Waals surface area (Å²) >= 11 is 0. The van der Waals surface area contributed by atoms with E-state index in [9.17, 15) is 0 Å². The zero-order valence-electron chi connectivity index (χ0n) is 13.1. The lowest BCUT2D eigenvalue weighted by atomic mass is 10.1. The van der Waals surface area contributed by atoms with E-state index in [1.807, 2.05) is 12.3 Å². The Morgan fingerprint density at radius 3 is 2.83 bits per heavy atom. The first-order chi connectivity index (χ1) is 11.4. The van der Waals surface area contributed by atoms with Crippen molar-refractivity contribution in [3.63, 3.8) is 0 Å². The predicted octanol–water partition coefficient (Wildman–Crippen LogP) is 3.86. The zero-order chi connectivity index (χ0) is 15.5. The van der Waals surface area contributed by atoms with Crippen LogP contribution in [0.25, 0.3) is 0 Å². The van der Waals surface area contributed by atoms with Crippen molar-refractivity contribution >= 4 is 0 Å². The summed E-state index contributed by atoms with van der Waals surface area (Å²) in [5.41, 5.74) is 1.30. The normalized spacial score (nSPS) is 18.5. The van der Waals surface area contributed by atoms with E-state index in [0.29, 0.717) is 6.04 Å². The third kappa shape index (κ3) is 3.08. The van der Waals surface area contributed by atoms with Crippen LogP contribution in [-0.2, 0) is 13.1 Å². The maximum atomic E-state index is 5.62. The van der Waals surface area contributed by atoms with Gasteiger partial charge in [-0.25, -0.2) is 4.98 Å². The fourth-order valence-corrected chi connectivity index (χ4v) is 3.42. The molecule has 0 unspecified atom stereocenters. The fourth-order valence-electron chi connectivity index (χ4n) is 3.42. The molecule has 1 fully saturated rings. The minimum absolute atomic E-state index is 0.381. The molecule has 0 N–H and O–H groups in total. The first kappa shape index (κ1) is 14.3. The van der Waals surface area contributed by atoms with Crippen molar-refractivity contribution in [3.8, 4) is 0 Å². The number of nitrogens with zero attached hydrogens (tertiary/aromatic N) is 3. The Hall–Kier alpha value is -2.33. The van der Waals surface area contributed by atoms with Crippen LogP contribution in [0.1, 0.15) is 36.0 Å². The summed E-state index contributed by atoms with van der Waals surface area (Å²) in [5.74, 6) is 2.19. The quantitative estimate of drug-likeness (QED) is 0.718. The molecule has 1 atom stereocenters. The van der Waals surface area contributed by atoms with Gasteiger partial charge in [-0.15, -0.1) is 0 Å². The standard InChI is InChI=1S/C19H21N3O/c1-2-6-16(7-3-1)14-22-12-10-20-19(22)15-21-11-4-8-17(21)18-9-5-13-23-18/h1-3,5-7,9-10,12-13,17H,4,8,11,14-15H2/t17-/m0/s1. The van der Waals surface area contributed by atoms with Gasteiger partial charge in [0.05, 0.1) is 18.8 Å². The third-order valence-electron chi connectivity index (χ3n) is 4.58. The third-order valence-corrected chi connectivity index (χ3v) is 4.58. The van der Waals surface area contributed by atoms with Crippen LogP contribution in [0.3, 0.4) is 0 Å². The molecular formula is C19H21N3O. The number of aromatic nitrogens is 2. The number of furan rings is 1. The Morgan fingerprint density at radius 1 is 1.09 bits per heavy atom. The highest BCUT2D eigenvalue weighted by Gasteiger charge is 2.28. The molecular weight excluding hydrogens is 286 g/mol. The number of hydrogen-bond acceptors (Lipinski definition) is 3. The molecule has 4 rings (SSSR count). The van der Waals surface area contributed by atoms with Crippen molar-refractivity contribution in [2.24, 2.45) is 0 Å². The molecule has 2 aromatic heterocycles. The van der Waals surface area contributed by atoms with Crippen LogP contribution in [-0.4, -0.2) is 21.0 Å². The largest absolute Gasteiger partial charge is 0.468 e. The van der Waals surface area contributed by atoms with Gasteiger partial charge in [0, 0.05) is 18.9 Å². The molecule has 3 heterocycles. The molecule has 118 valence electrons. The highest BCUT2D eigenvalue weighted by Crippen LogP contribution is 2.33. The Morgan fingerprint density at radius 2 is 2.00 bits per heavy atom. The molecule has 0 aliphatic carbocycles. The molecule has 1 aromatic carbocycles. The van der Waals surface area contributed by atoms with Gasteiger partial charge < -0.3 is 8.98 Å².